The molecule has 0 saturated carbocycles. The minimum absolute atomic E-state index is 0.140. The van der Waals surface area contributed by atoms with E-state index >= 15 is 0 Å². The Balaban J connectivity index is 2.68. The average Bonchev–Trinajstić information content (AvgIpc) is 2.66. The molecule has 3 unspecified atom stereocenters. The minimum atomic E-state index is -3.73. The molecule has 1 rings (SSSR count). The van der Waals surface area contributed by atoms with E-state index < -0.39 is 38.7 Å². The highest BCUT2D eigenvalue weighted by Crippen LogP contribution is 2.51. The smallest absolute Gasteiger partial charge is 0.330 e. The van der Waals surface area contributed by atoms with E-state index in [0.717, 1.165) is 0 Å². The van der Waals surface area contributed by atoms with Crippen molar-refractivity contribution in [3.8, 4) is 0 Å². The van der Waals surface area contributed by atoms with Crippen LogP contribution in [0.15, 0.2) is 0 Å². The maximum atomic E-state index is 12.0. The zero-order valence-electron chi connectivity index (χ0n) is 13.1. The fourth-order valence-electron chi connectivity index (χ4n) is 1.82. The summed E-state index contributed by atoms with van der Waals surface area (Å²) in [6.45, 7) is 8.06. The second kappa shape index (κ2) is 7.22. The molecular formula is C12H26O7P2. The van der Waals surface area contributed by atoms with Gasteiger partial charge in [0.1, 0.15) is 6.10 Å². The summed E-state index contributed by atoms with van der Waals surface area (Å²) in [7, 11) is -7.43. The van der Waals surface area contributed by atoms with Gasteiger partial charge in [0.05, 0.1) is 30.1 Å². The molecule has 0 radical (unpaired) electrons. The average molecular weight is 344 g/mol. The molecule has 1 saturated heterocycles. The Bertz CT molecular complexity index is 437. The number of ether oxygens (including phenoxy) is 1. The highest BCUT2D eigenvalue weighted by molar-refractivity contribution is 7.53. The van der Waals surface area contributed by atoms with Crippen molar-refractivity contribution in [2.24, 2.45) is 0 Å². The highest BCUT2D eigenvalue weighted by Gasteiger charge is 2.41. The first-order valence-corrected chi connectivity index (χ1v) is 10.4. The topological polar surface area (TPSA) is 102 Å². The SMILES string of the molecule is CC(C)P(=O)(O)OC[C@H]1O[C@@H](C)CC1OP(=O)(O)C(C)C. The minimum Gasteiger partial charge on any atom is -0.370 e. The van der Waals surface area contributed by atoms with Crippen LogP contribution in [0.4, 0.5) is 0 Å². The monoisotopic (exact) mass is 344 g/mol. The van der Waals surface area contributed by atoms with Gasteiger partial charge in [0.25, 0.3) is 0 Å². The molecule has 9 heteroatoms. The lowest BCUT2D eigenvalue weighted by Crippen LogP contribution is -2.29. The molecule has 5 atom stereocenters. The van der Waals surface area contributed by atoms with Crippen molar-refractivity contribution >= 4 is 15.2 Å². The van der Waals surface area contributed by atoms with Crippen LogP contribution in [0.3, 0.4) is 0 Å². The molecule has 2 N–H and O–H groups in total. The van der Waals surface area contributed by atoms with Crippen LogP contribution in [-0.2, 0) is 22.9 Å². The van der Waals surface area contributed by atoms with E-state index in [1.807, 2.05) is 6.92 Å². The van der Waals surface area contributed by atoms with Gasteiger partial charge in [0.15, 0.2) is 0 Å². The lowest BCUT2D eigenvalue weighted by Gasteiger charge is -2.25. The largest absolute Gasteiger partial charge is 0.370 e. The Hall–Kier alpha value is 0.260. The van der Waals surface area contributed by atoms with Crippen molar-refractivity contribution in [3.05, 3.63) is 0 Å². The normalized spacial score (nSPS) is 32.3. The lowest BCUT2D eigenvalue weighted by molar-refractivity contribution is -0.00933. The first kappa shape index (κ1) is 19.3. The summed E-state index contributed by atoms with van der Waals surface area (Å²) >= 11 is 0. The standard InChI is InChI=1S/C12H26O7P2/c1-8(2)20(13,14)17-7-12-11(6-10(5)18-12)19-21(15,16)9(3)4/h8-12H,6-7H2,1-5H3,(H,13,14)(H,15,16)/t10-,11?,12+/m0/s1. The third-order valence-corrected chi connectivity index (χ3v) is 7.10. The van der Waals surface area contributed by atoms with Crippen molar-refractivity contribution < 1.29 is 32.7 Å². The molecule has 0 spiro atoms. The molecule has 0 amide bonds. The van der Waals surface area contributed by atoms with E-state index in [1.165, 1.54) is 0 Å². The molecular weight excluding hydrogens is 318 g/mol. The van der Waals surface area contributed by atoms with Gasteiger partial charge >= 0.3 is 15.2 Å². The molecule has 7 nitrogen and oxygen atoms in total. The van der Waals surface area contributed by atoms with E-state index in [9.17, 15) is 18.9 Å². The first-order valence-electron chi connectivity index (χ1n) is 7.09. The molecule has 0 aromatic heterocycles. The van der Waals surface area contributed by atoms with Crippen molar-refractivity contribution in [1.82, 2.24) is 0 Å². The molecule has 1 heterocycles. The predicted octanol–water partition coefficient (Wildman–Crippen LogP) is 2.75. The second-order valence-electron chi connectivity index (χ2n) is 5.98. The Morgan fingerprint density at radius 2 is 1.67 bits per heavy atom. The van der Waals surface area contributed by atoms with Crippen LogP contribution in [0.5, 0.6) is 0 Å². The predicted molar refractivity (Wildman–Crippen MR) is 79.7 cm³/mol. The van der Waals surface area contributed by atoms with Gasteiger partial charge in [-0.15, -0.1) is 0 Å². The summed E-state index contributed by atoms with van der Waals surface area (Å²) in [5, 5.41) is 0. The summed E-state index contributed by atoms with van der Waals surface area (Å²) in [5.41, 5.74) is -1.04. The van der Waals surface area contributed by atoms with Gasteiger partial charge < -0.3 is 23.6 Å². The number of hydrogen-bond donors (Lipinski definition) is 2. The maximum absolute atomic E-state index is 12.0. The Kier molecular flexibility index (Phi) is 6.64. The van der Waals surface area contributed by atoms with Gasteiger partial charge in [-0.25, -0.2) is 0 Å². The summed E-state index contributed by atoms with van der Waals surface area (Å²) in [4.78, 5) is 19.5. The van der Waals surface area contributed by atoms with Gasteiger partial charge in [-0.3, -0.25) is 9.13 Å². The zero-order valence-corrected chi connectivity index (χ0v) is 14.9. The molecule has 1 fully saturated rings. The molecule has 0 aromatic rings. The lowest BCUT2D eigenvalue weighted by atomic mass is 10.1. The van der Waals surface area contributed by atoms with E-state index in [1.54, 1.807) is 27.7 Å². The van der Waals surface area contributed by atoms with Crippen molar-refractivity contribution in [2.75, 3.05) is 6.61 Å². The van der Waals surface area contributed by atoms with Gasteiger partial charge in [-0.1, -0.05) is 27.7 Å². The van der Waals surface area contributed by atoms with Gasteiger partial charge in [0, 0.05) is 6.42 Å². The maximum Gasteiger partial charge on any atom is 0.330 e. The Morgan fingerprint density at radius 3 is 2.14 bits per heavy atom. The molecule has 0 aromatic carbocycles. The van der Waals surface area contributed by atoms with Crippen LogP contribution in [-0.4, -0.2) is 46.0 Å². The molecule has 21 heavy (non-hydrogen) atoms. The Labute approximate surface area is 126 Å². The fraction of sp³-hybridized carbons (Fsp3) is 1.00. The summed E-state index contributed by atoms with van der Waals surface area (Å²) in [6, 6.07) is 0. The van der Waals surface area contributed by atoms with Crippen LogP contribution in [0.2, 0.25) is 0 Å². The third kappa shape index (κ3) is 5.43. The highest BCUT2D eigenvalue weighted by atomic mass is 31.2. The van der Waals surface area contributed by atoms with E-state index in [-0.39, 0.29) is 12.7 Å². The molecule has 0 bridgehead atoms. The number of hydrogen-bond acceptors (Lipinski definition) is 5. The molecule has 1 aliphatic heterocycles. The van der Waals surface area contributed by atoms with Crippen LogP contribution in [0.1, 0.15) is 41.0 Å². The third-order valence-electron chi connectivity index (χ3n) is 3.40. The van der Waals surface area contributed by atoms with E-state index in [2.05, 4.69) is 0 Å². The summed E-state index contributed by atoms with van der Waals surface area (Å²) in [6.07, 6.45) is -0.959. The van der Waals surface area contributed by atoms with Crippen LogP contribution < -0.4 is 0 Å². The van der Waals surface area contributed by atoms with Gasteiger partial charge in [0.2, 0.25) is 0 Å². The molecule has 1 aliphatic rings. The molecule has 0 aliphatic carbocycles. The number of rotatable bonds is 7. The zero-order chi connectivity index (χ0) is 16.4. The van der Waals surface area contributed by atoms with Crippen molar-refractivity contribution in [2.45, 2.75) is 70.7 Å². The van der Waals surface area contributed by atoms with Crippen LogP contribution in [0, 0.1) is 0 Å². The van der Waals surface area contributed by atoms with Crippen molar-refractivity contribution in [1.29, 1.82) is 0 Å². The van der Waals surface area contributed by atoms with Gasteiger partial charge in [-0.2, -0.15) is 0 Å². The fourth-order valence-corrected chi connectivity index (χ4v) is 3.33. The van der Waals surface area contributed by atoms with Crippen molar-refractivity contribution in [3.63, 3.8) is 0 Å². The van der Waals surface area contributed by atoms with Crippen LogP contribution >= 0.6 is 15.2 Å². The quantitative estimate of drug-likeness (QED) is 0.685. The van der Waals surface area contributed by atoms with Gasteiger partial charge in [-0.05, 0) is 6.92 Å². The second-order valence-corrected chi connectivity index (χ2v) is 10.8. The molecule has 126 valence electrons. The first-order chi connectivity index (χ1) is 9.45. The van der Waals surface area contributed by atoms with Crippen LogP contribution in [0.25, 0.3) is 0 Å². The summed E-state index contributed by atoms with van der Waals surface area (Å²) in [5.74, 6) is 0. The Morgan fingerprint density at radius 1 is 1.14 bits per heavy atom. The summed E-state index contributed by atoms with van der Waals surface area (Å²) < 4.78 is 39.7. The van der Waals surface area contributed by atoms with E-state index in [0.29, 0.717) is 6.42 Å². The van der Waals surface area contributed by atoms with E-state index in [4.69, 9.17) is 13.8 Å².